The number of hydrogen-bond donors (Lipinski definition) is 2. The lowest BCUT2D eigenvalue weighted by atomic mass is 9.59. The number of fused-ring (bicyclic) bond motifs is 3. The minimum atomic E-state index is -1.07. The molecule has 0 aliphatic heterocycles. The Morgan fingerprint density at radius 3 is 2.59 bits per heavy atom. The van der Waals surface area contributed by atoms with Gasteiger partial charge in [-0.15, -0.1) is 0 Å². The van der Waals surface area contributed by atoms with Crippen LogP contribution in [0.15, 0.2) is 48.7 Å². The summed E-state index contributed by atoms with van der Waals surface area (Å²) in [5, 5.41) is 15.2. The van der Waals surface area contributed by atoms with Crippen LogP contribution < -0.4 is 14.8 Å². The van der Waals surface area contributed by atoms with E-state index in [1.165, 1.54) is 35.2 Å². The molecule has 1 heterocycles. The third-order valence-corrected chi connectivity index (χ3v) is 11.2. The second kappa shape index (κ2) is 13.3. The Kier molecular flexibility index (Phi) is 9.51. The van der Waals surface area contributed by atoms with Crippen molar-refractivity contribution in [1.29, 1.82) is 0 Å². The number of nitrogens with one attached hydrogen (secondary N) is 1. The lowest BCUT2D eigenvalue weighted by Crippen LogP contribution is -2.53. The van der Waals surface area contributed by atoms with E-state index in [4.69, 9.17) is 32.7 Å². The predicted octanol–water partition coefficient (Wildman–Crippen LogP) is 9.64. The van der Waals surface area contributed by atoms with E-state index < -0.39 is 11.5 Å². The summed E-state index contributed by atoms with van der Waals surface area (Å²) >= 11 is 13.0. The van der Waals surface area contributed by atoms with Crippen molar-refractivity contribution in [1.82, 2.24) is 4.98 Å². The summed E-state index contributed by atoms with van der Waals surface area (Å²) < 4.78 is 12.7. The van der Waals surface area contributed by atoms with Gasteiger partial charge in [0.1, 0.15) is 17.0 Å². The fourth-order valence-corrected chi connectivity index (χ4v) is 8.87. The van der Waals surface area contributed by atoms with Gasteiger partial charge in [0.25, 0.3) is 0 Å². The Hall–Kier alpha value is -2.96. The normalized spacial score (nSPS) is 26.0. The van der Waals surface area contributed by atoms with Crippen molar-refractivity contribution in [2.24, 2.45) is 11.8 Å². The van der Waals surface area contributed by atoms with Gasteiger partial charge >= 0.3 is 5.97 Å². The van der Waals surface area contributed by atoms with Crippen LogP contribution in [-0.2, 0) is 23.1 Å². The van der Waals surface area contributed by atoms with Gasteiger partial charge in [-0.05, 0) is 142 Å². The molecule has 1 saturated carbocycles. The number of ether oxygens (including phenoxy) is 2. The van der Waals surface area contributed by atoms with Crippen LogP contribution in [-0.4, -0.2) is 34.3 Å². The fraction of sp³-hybridized carbons (Fsp3) is 0.526. The SMILES string of the molecule is CC(C)Oc1cc2c(cc1Cl)C[C@H](C[C@@H](C)COc1ccnc3c1[C@H](C)CCC3)C21CCC(Nc2cccc(Cl)c2)(C(=O)O)CC1. The van der Waals surface area contributed by atoms with Crippen LogP contribution >= 0.6 is 23.2 Å². The van der Waals surface area contributed by atoms with Crippen molar-refractivity contribution in [3.8, 4) is 11.5 Å². The molecule has 0 bridgehead atoms. The molecule has 3 aromatic rings. The highest BCUT2D eigenvalue weighted by molar-refractivity contribution is 6.32. The molecule has 6 nitrogen and oxygen atoms in total. The predicted molar refractivity (Wildman–Crippen MR) is 185 cm³/mol. The highest BCUT2D eigenvalue weighted by Gasteiger charge is 2.54. The van der Waals surface area contributed by atoms with Crippen LogP contribution in [0.5, 0.6) is 11.5 Å². The number of aryl methyl sites for hydroxylation is 1. The zero-order chi connectivity index (χ0) is 32.6. The zero-order valence-electron chi connectivity index (χ0n) is 27.4. The topological polar surface area (TPSA) is 80.7 Å². The summed E-state index contributed by atoms with van der Waals surface area (Å²) in [5.74, 6) is 1.95. The van der Waals surface area contributed by atoms with Crippen LogP contribution in [0.25, 0.3) is 0 Å². The molecule has 0 amide bonds. The van der Waals surface area contributed by atoms with E-state index in [9.17, 15) is 9.90 Å². The molecule has 1 aromatic heterocycles. The number of aromatic nitrogens is 1. The smallest absolute Gasteiger partial charge is 0.329 e. The van der Waals surface area contributed by atoms with Gasteiger partial charge in [0, 0.05) is 28.2 Å². The zero-order valence-corrected chi connectivity index (χ0v) is 28.9. The number of halogens is 2. The third kappa shape index (κ3) is 6.44. The highest BCUT2D eigenvalue weighted by atomic mass is 35.5. The molecule has 1 fully saturated rings. The van der Waals surface area contributed by atoms with E-state index in [1.807, 2.05) is 38.2 Å². The maximum absolute atomic E-state index is 12.9. The molecule has 2 aromatic carbocycles. The number of carbonyl (C=O) groups is 1. The summed E-state index contributed by atoms with van der Waals surface area (Å²) in [5.41, 5.74) is 4.46. The molecular weight excluding hydrogens is 619 g/mol. The average molecular weight is 666 g/mol. The summed E-state index contributed by atoms with van der Waals surface area (Å²) in [4.78, 5) is 17.5. The van der Waals surface area contributed by atoms with Gasteiger partial charge in [-0.3, -0.25) is 4.98 Å². The van der Waals surface area contributed by atoms with Crippen molar-refractivity contribution >= 4 is 34.9 Å². The van der Waals surface area contributed by atoms with Gasteiger partial charge < -0.3 is 19.9 Å². The van der Waals surface area contributed by atoms with Gasteiger partial charge in [0.2, 0.25) is 0 Å². The van der Waals surface area contributed by atoms with E-state index in [0.29, 0.717) is 53.0 Å². The Balaban J connectivity index is 1.26. The molecule has 246 valence electrons. The van der Waals surface area contributed by atoms with Crippen LogP contribution in [0.1, 0.15) is 101 Å². The number of pyridine rings is 1. The minimum Gasteiger partial charge on any atom is -0.493 e. The maximum Gasteiger partial charge on any atom is 0.329 e. The van der Waals surface area contributed by atoms with Crippen LogP contribution in [0.3, 0.4) is 0 Å². The standard InChI is InChI=1S/C38H46Cl2N2O4/c1-23(2)46-34-21-30-26(19-31(34)40)18-27(17-24(3)22-45-33-11-16-41-32-10-5-7-25(4)35(32)33)37(30)12-14-38(15-13-37,36(43)44)42-29-9-6-8-28(39)20-29/h6,8-9,11,16,19-21,23-25,27,42H,5,7,10,12-15,17-18,22H2,1-4H3,(H,43,44)/t24-,25-,27+,37?,38?/m1/s1. The van der Waals surface area contributed by atoms with Crippen molar-refractivity contribution in [2.75, 3.05) is 11.9 Å². The van der Waals surface area contributed by atoms with Crippen molar-refractivity contribution in [3.63, 3.8) is 0 Å². The van der Waals surface area contributed by atoms with E-state index in [0.717, 1.165) is 43.5 Å². The number of hydrogen-bond acceptors (Lipinski definition) is 5. The third-order valence-electron chi connectivity index (χ3n) is 10.7. The molecule has 1 spiro atoms. The van der Waals surface area contributed by atoms with Crippen molar-refractivity contribution in [3.05, 3.63) is 81.1 Å². The number of nitrogens with zero attached hydrogens (tertiary/aromatic N) is 1. The molecule has 0 radical (unpaired) electrons. The van der Waals surface area contributed by atoms with Gasteiger partial charge in [-0.1, -0.05) is 43.1 Å². The number of carboxylic acid groups (broad SMARTS) is 1. The largest absolute Gasteiger partial charge is 0.493 e. The number of rotatable bonds is 10. The van der Waals surface area contributed by atoms with Gasteiger partial charge in [-0.25, -0.2) is 4.79 Å². The number of carboxylic acids is 1. The summed E-state index contributed by atoms with van der Waals surface area (Å²) in [6.07, 6.45) is 9.61. The summed E-state index contributed by atoms with van der Waals surface area (Å²) in [6.45, 7) is 9.20. The second-order valence-corrected chi connectivity index (χ2v) is 15.1. The Bertz CT molecular complexity index is 1580. The Labute approximate surface area is 283 Å². The molecule has 0 unspecified atom stereocenters. The lowest BCUT2D eigenvalue weighted by Gasteiger charge is -2.47. The number of benzene rings is 2. The quantitative estimate of drug-likeness (QED) is 0.225. The fourth-order valence-electron chi connectivity index (χ4n) is 8.45. The molecule has 3 atom stereocenters. The highest BCUT2D eigenvalue weighted by Crippen LogP contribution is 2.57. The van der Waals surface area contributed by atoms with E-state index in [-0.39, 0.29) is 11.5 Å². The molecule has 8 heteroatoms. The van der Waals surface area contributed by atoms with Gasteiger partial charge in [0.05, 0.1) is 17.7 Å². The molecule has 46 heavy (non-hydrogen) atoms. The molecule has 0 saturated heterocycles. The van der Waals surface area contributed by atoms with Crippen LogP contribution in [0.2, 0.25) is 10.0 Å². The first-order valence-electron chi connectivity index (χ1n) is 16.9. The monoisotopic (exact) mass is 664 g/mol. The first-order chi connectivity index (χ1) is 22.0. The number of anilines is 1. The molecule has 6 rings (SSSR count). The lowest BCUT2D eigenvalue weighted by molar-refractivity contribution is -0.144. The van der Waals surface area contributed by atoms with Gasteiger partial charge in [0.15, 0.2) is 0 Å². The van der Waals surface area contributed by atoms with Gasteiger partial charge in [-0.2, -0.15) is 0 Å². The first kappa shape index (κ1) is 33.0. The maximum atomic E-state index is 12.9. The van der Waals surface area contributed by atoms with Crippen molar-refractivity contribution in [2.45, 2.75) is 108 Å². The van der Waals surface area contributed by atoms with Crippen LogP contribution in [0, 0.1) is 11.8 Å². The van der Waals surface area contributed by atoms with Crippen LogP contribution in [0.4, 0.5) is 5.69 Å². The van der Waals surface area contributed by atoms with E-state index in [2.05, 4.69) is 36.3 Å². The minimum absolute atomic E-state index is 0.00423. The molecule has 2 N–H and O–H groups in total. The first-order valence-corrected chi connectivity index (χ1v) is 17.6. The van der Waals surface area contributed by atoms with E-state index >= 15 is 0 Å². The Morgan fingerprint density at radius 1 is 1.09 bits per heavy atom. The molecular formula is C38H46Cl2N2O4. The average Bonchev–Trinajstić information content (AvgIpc) is 3.28. The molecule has 3 aliphatic carbocycles. The summed E-state index contributed by atoms with van der Waals surface area (Å²) in [6, 6.07) is 13.6. The van der Waals surface area contributed by atoms with E-state index in [1.54, 1.807) is 12.1 Å². The summed E-state index contributed by atoms with van der Waals surface area (Å²) in [7, 11) is 0. The Morgan fingerprint density at radius 2 is 1.87 bits per heavy atom. The second-order valence-electron chi connectivity index (χ2n) is 14.3. The van der Waals surface area contributed by atoms with Crippen molar-refractivity contribution < 1.29 is 19.4 Å². The molecule has 3 aliphatic rings. The number of aliphatic carboxylic acids is 1.